The third kappa shape index (κ3) is 3.80. The largest absolute Gasteiger partial charge is 0.320 e. The number of aryl methyl sites for hydroxylation is 3. The van der Waals surface area contributed by atoms with Gasteiger partial charge in [0.05, 0.1) is 11.3 Å². The summed E-state index contributed by atoms with van der Waals surface area (Å²) in [7, 11) is 0. The molecule has 2 aromatic heterocycles. The van der Waals surface area contributed by atoms with E-state index in [-0.39, 0.29) is 11.3 Å². The zero-order valence-electron chi connectivity index (χ0n) is 15.6. The molecule has 9 heteroatoms. The van der Waals surface area contributed by atoms with Crippen molar-refractivity contribution in [2.24, 2.45) is 5.84 Å². The molecule has 0 spiro atoms. The Bertz CT molecular complexity index is 1080. The van der Waals surface area contributed by atoms with E-state index in [2.05, 4.69) is 36.8 Å². The Morgan fingerprint density at radius 1 is 1.11 bits per heavy atom. The number of carbonyl (C=O) groups excluding carboxylic acids is 2. The lowest BCUT2D eigenvalue weighted by atomic mass is 10.0. The van der Waals surface area contributed by atoms with Gasteiger partial charge in [-0.2, -0.15) is 5.10 Å². The molecule has 0 fully saturated rings. The Kier molecular flexibility index (Phi) is 5.57. The molecule has 144 valence electrons. The van der Waals surface area contributed by atoms with Crippen LogP contribution in [0.2, 0.25) is 0 Å². The Morgan fingerprint density at radius 2 is 1.86 bits per heavy atom. The van der Waals surface area contributed by atoms with E-state index in [0.29, 0.717) is 16.1 Å². The summed E-state index contributed by atoms with van der Waals surface area (Å²) in [5.74, 6) is 4.92. The molecule has 0 saturated carbocycles. The highest BCUT2D eigenvalue weighted by Crippen LogP contribution is 2.25. The average Bonchev–Trinajstić information content (AvgIpc) is 3.05. The summed E-state index contributed by atoms with van der Waals surface area (Å²) in [4.78, 5) is 29.5. The molecule has 2 amide bonds. The number of aromatic nitrogens is 3. The van der Waals surface area contributed by atoms with Crippen LogP contribution in [0.15, 0.2) is 41.1 Å². The van der Waals surface area contributed by atoms with Crippen LogP contribution < -0.4 is 16.6 Å². The summed E-state index contributed by atoms with van der Waals surface area (Å²) < 4.78 is 1.95. The zero-order chi connectivity index (χ0) is 20.4. The fourth-order valence-electron chi connectivity index (χ4n) is 2.94. The minimum Gasteiger partial charge on any atom is -0.320 e. The number of carbonyl (C=O) groups is 2. The average molecular weight is 443 g/mol. The lowest BCUT2D eigenvalue weighted by molar-refractivity contribution is 0.0954. The first-order valence-electron chi connectivity index (χ1n) is 8.43. The zero-order valence-corrected chi connectivity index (χ0v) is 17.2. The number of halogens is 1. The Balaban J connectivity index is 2.05. The van der Waals surface area contributed by atoms with Crippen LogP contribution in [0.5, 0.6) is 0 Å². The Labute approximate surface area is 170 Å². The van der Waals surface area contributed by atoms with E-state index < -0.39 is 11.8 Å². The van der Waals surface area contributed by atoms with E-state index in [1.165, 1.54) is 4.68 Å². The van der Waals surface area contributed by atoms with Crippen molar-refractivity contribution in [1.29, 1.82) is 0 Å². The first-order chi connectivity index (χ1) is 13.3. The van der Waals surface area contributed by atoms with Gasteiger partial charge in [-0.05, 0) is 65.5 Å². The van der Waals surface area contributed by atoms with E-state index >= 15 is 0 Å². The van der Waals surface area contributed by atoms with Gasteiger partial charge >= 0.3 is 0 Å². The van der Waals surface area contributed by atoms with E-state index in [4.69, 9.17) is 5.84 Å². The summed E-state index contributed by atoms with van der Waals surface area (Å²) in [5, 5.41) is 7.14. The van der Waals surface area contributed by atoms with E-state index in [1.54, 1.807) is 18.3 Å². The maximum atomic E-state index is 13.0. The van der Waals surface area contributed by atoms with Gasteiger partial charge in [0.1, 0.15) is 10.3 Å². The smallest absolute Gasteiger partial charge is 0.274 e. The van der Waals surface area contributed by atoms with Gasteiger partial charge in [0.15, 0.2) is 5.82 Å². The van der Waals surface area contributed by atoms with Gasteiger partial charge < -0.3 is 5.32 Å². The van der Waals surface area contributed by atoms with Crippen molar-refractivity contribution < 1.29 is 9.59 Å². The van der Waals surface area contributed by atoms with Gasteiger partial charge in [0, 0.05) is 12.3 Å². The summed E-state index contributed by atoms with van der Waals surface area (Å²) in [5.41, 5.74) is 5.54. The van der Waals surface area contributed by atoms with Crippen LogP contribution in [0.25, 0.3) is 5.82 Å². The predicted octanol–water partition coefficient (Wildman–Crippen LogP) is 2.81. The summed E-state index contributed by atoms with van der Waals surface area (Å²) in [6.45, 7) is 5.56. The quantitative estimate of drug-likeness (QED) is 0.326. The van der Waals surface area contributed by atoms with E-state index in [1.807, 2.05) is 39.0 Å². The molecular weight excluding hydrogens is 424 g/mol. The molecule has 4 N–H and O–H groups in total. The molecule has 28 heavy (non-hydrogen) atoms. The number of amides is 2. The lowest BCUT2D eigenvalue weighted by Crippen LogP contribution is -2.31. The molecule has 3 rings (SSSR count). The monoisotopic (exact) mass is 442 g/mol. The summed E-state index contributed by atoms with van der Waals surface area (Å²) in [6.07, 6.45) is 1.63. The number of hydrogen-bond donors (Lipinski definition) is 3. The molecule has 0 radical (unpaired) electrons. The van der Waals surface area contributed by atoms with Crippen LogP contribution >= 0.6 is 15.9 Å². The number of nitrogens with one attached hydrogen (secondary N) is 2. The number of nitrogens with zero attached hydrogens (tertiary/aromatic N) is 3. The van der Waals surface area contributed by atoms with Crippen LogP contribution in [0.1, 0.15) is 37.5 Å². The fraction of sp³-hybridized carbons (Fsp3) is 0.158. The topological polar surface area (TPSA) is 115 Å². The highest BCUT2D eigenvalue weighted by Gasteiger charge is 2.21. The number of rotatable bonds is 4. The van der Waals surface area contributed by atoms with Gasteiger partial charge in [0.25, 0.3) is 11.8 Å². The van der Waals surface area contributed by atoms with Gasteiger partial charge in [-0.15, -0.1) is 0 Å². The standard InChI is InChI=1S/C19H19BrN6O2/c1-10-7-12(3)16(13(8-10)18(27)24-21)23-19(28)14-9-15(20)25-26(14)17-11(2)5-4-6-22-17/h4-9H,21H2,1-3H3,(H,23,28)(H,24,27). The Hall–Kier alpha value is -3.04. The molecule has 0 aliphatic carbocycles. The first kappa shape index (κ1) is 19.7. The molecule has 0 bridgehead atoms. The fourth-order valence-corrected chi connectivity index (χ4v) is 3.32. The molecule has 0 unspecified atom stereocenters. The van der Waals surface area contributed by atoms with Crippen LogP contribution in [-0.4, -0.2) is 26.6 Å². The van der Waals surface area contributed by atoms with Gasteiger partial charge in [-0.25, -0.2) is 15.5 Å². The maximum Gasteiger partial charge on any atom is 0.274 e. The third-order valence-electron chi connectivity index (χ3n) is 4.19. The van der Waals surface area contributed by atoms with E-state index in [0.717, 1.165) is 16.7 Å². The molecule has 0 aliphatic heterocycles. The van der Waals surface area contributed by atoms with Gasteiger partial charge in [0.2, 0.25) is 0 Å². The van der Waals surface area contributed by atoms with Crippen LogP contribution in [0, 0.1) is 20.8 Å². The van der Waals surface area contributed by atoms with Crippen molar-refractivity contribution in [2.45, 2.75) is 20.8 Å². The maximum absolute atomic E-state index is 13.0. The second kappa shape index (κ2) is 7.91. The van der Waals surface area contributed by atoms with Crippen LogP contribution in [0.4, 0.5) is 5.69 Å². The predicted molar refractivity (Wildman–Crippen MR) is 109 cm³/mol. The number of benzene rings is 1. The second-order valence-corrected chi connectivity index (χ2v) is 7.15. The molecule has 3 aromatic rings. The van der Waals surface area contributed by atoms with Crippen molar-refractivity contribution in [1.82, 2.24) is 20.2 Å². The van der Waals surface area contributed by atoms with Crippen molar-refractivity contribution in [3.8, 4) is 5.82 Å². The van der Waals surface area contributed by atoms with Crippen molar-refractivity contribution in [3.63, 3.8) is 0 Å². The summed E-state index contributed by atoms with van der Waals surface area (Å²) in [6, 6.07) is 8.83. The molecular formula is C19H19BrN6O2. The van der Waals surface area contributed by atoms with Crippen LogP contribution in [0.3, 0.4) is 0 Å². The minimum absolute atomic E-state index is 0.271. The van der Waals surface area contributed by atoms with Gasteiger partial charge in [-0.1, -0.05) is 12.1 Å². The number of anilines is 1. The van der Waals surface area contributed by atoms with Crippen molar-refractivity contribution in [3.05, 3.63) is 69.1 Å². The molecule has 8 nitrogen and oxygen atoms in total. The minimum atomic E-state index is -0.489. The molecule has 0 saturated heterocycles. The summed E-state index contributed by atoms with van der Waals surface area (Å²) >= 11 is 3.31. The Morgan fingerprint density at radius 3 is 2.54 bits per heavy atom. The molecule has 0 atom stereocenters. The van der Waals surface area contributed by atoms with Gasteiger partial charge in [-0.3, -0.25) is 15.0 Å². The number of nitrogen functional groups attached to an aromatic ring is 1. The number of nitrogens with two attached hydrogens (primary N) is 1. The first-order valence-corrected chi connectivity index (χ1v) is 9.22. The van der Waals surface area contributed by atoms with Crippen LogP contribution in [-0.2, 0) is 0 Å². The highest BCUT2D eigenvalue weighted by molar-refractivity contribution is 9.10. The highest BCUT2D eigenvalue weighted by atomic mass is 79.9. The second-order valence-electron chi connectivity index (χ2n) is 6.34. The molecule has 2 heterocycles. The lowest BCUT2D eigenvalue weighted by Gasteiger charge is -2.15. The number of hydrazine groups is 1. The molecule has 1 aromatic carbocycles. The third-order valence-corrected chi connectivity index (χ3v) is 4.58. The molecule has 0 aliphatic rings. The number of pyridine rings is 1. The van der Waals surface area contributed by atoms with Crippen molar-refractivity contribution in [2.75, 3.05) is 5.32 Å². The number of hydrogen-bond acceptors (Lipinski definition) is 5. The SMILES string of the molecule is Cc1cc(C)c(NC(=O)c2cc(Br)nn2-c2ncccc2C)c(C(=O)NN)c1. The normalized spacial score (nSPS) is 10.6. The van der Waals surface area contributed by atoms with E-state index in [9.17, 15) is 9.59 Å². The van der Waals surface area contributed by atoms with Crippen molar-refractivity contribution >= 4 is 33.4 Å².